The zero-order chi connectivity index (χ0) is 23.8. The summed E-state index contributed by atoms with van der Waals surface area (Å²) >= 11 is 0. The first-order valence-electron chi connectivity index (χ1n) is 11.2. The molecule has 0 aliphatic carbocycles. The van der Waals surface area contributed by atoms with Gasteiger partial charge in [0.2, 0.25) is 5.95 Å². The molecule has 0 fully saturated rings. The van der Waals surface area contributed by atoms with Crippen molar-refractivity contribution >= 4 is 28.6 Å². The van der Waals surface area contributed by atoms with Gasteiger partial charge in [0.1, 0.15) is 0 Å². The molecule has 1 unspecified atom stereocenters. The summed E-state index contributed by atoms with van der Waals surface area (Å²) in [6.07, 6.45) is 0.934. The van der Waals surface area contributed by atoms with Crippen LogP contribution in [0, 0.1) is 0 Å². The molecular weight excluding hydrogens is 428 g/mol. The standard InChI is InChI=1S/C27H26N4O3/c1-4-17-9-12-19(13-10-17)29-26(33)24-16(2)28-27-30-20-7-5-6-8-21(20)31(27)25(24)18-11-14-22(32)23(15-18)34-3/h5-15,25,32H,4H2,1-3H3,(H,28,30)(H,29,33). The molecule has 7 nitrogen and oxygen atoms in total. The number of nitrogens with one attached hydrogen (secondary N) is 2. The van der Waals surface area contributed by atoms with E-state index in [0.717, 1.165) is 28.7 Å². The van der Waals surface area contributed by atoms with Gasteiger partial charge in [-0.1, -0.05) is 37.3 Å². The molecule has 3 N–H and O–H groups in total. The maximum Gasteiger partial charge on any atom is 0.255 e. The third-order valence-electron chi connectivity index (χ3n) is 6.21. The number of amides is 1. The van der Waals surface area contributed by atoms with Crippen molar-refractivity contribution in [2.75, 3.05) is 17.7 Å². The summed E-state index contributed by atoms with van der Waals surface area (Å²) in [5.74, 6) is 0.822. The predicted molar refractivity (Wildman–Crippen MR) is 133 cm³/mol. The topological polar surface area (TPSA) is 88.4 Å². The molecule has 172 valence electrons. The predicted octanol–water partition coefficient (Wildman–Crippen LogP) is 5.24. The van der Waals surface area contributed by atoms with E-state index < -0.39 is 6.04 Å². The fourth-order valence-electron chi connectivity index (χ4n) is 4.46. The number of para-hydroxylation sites is 2. The molecule has 1 aliphatic rings. The minimum Gasteiger partial charge on any atom is -0.504 e. The number of aryl methyl sites for hydroxylation is 1. The van der Waals surface area contributed by atoms with Crippen LogP contribution in [0.2, 0.25) is 0 Å². The Hall–Kier alpha value is -4.26. The molecule has 3 aromatic carbocycles. The molecule has 7 heteroatoms. The van der Waals surface area contributed by atoms with Crippen molar-refractivity contribution in [1.82, 2.24) is 9.55 Å². The number of hydrogen-bond donors (Lipinski definition) is 3. The number of ether oxygens (including phenoxy) is 1. The van der Waals surface area contributed by atoms with Crippen LogP contribution in [-0.2, 0) is 11.2 Å². The van der Waals surface area contributed by atoms with E-state index in [1.165, 1.54) is 12.7 Å². The fourth-order valence-corrected chi connectivity index (χ4v) is 4.46. The van der Waals surface area contributed by atoms with Crippen molar-refractivity contribution in [3.05, 3.63) is 89.1 Å². The number of allylic oxidation sites excluding steroid dienone is 1. The quantitative estimate of drug-likeness (QED) is 0.384. The number of phenolic OH excluding ortho intramolecular Hbond substituents is 1. The summed E-state index contributed by atoms with van der Waals surface area (Å²) in [5.41, 5.74) is 5.72. The third kappa shape index (κ3) is 3.65. The summed E-state index contributed by atoms with van der Waals surface area (Å²) < 4.78 is 7.38. The number of anilines is 2. The van der Waals surface area contributed by atoms with Gasteiger partial charge in [-0.2, -0.15) is 0 Å². The van der Waals surface area contributed by atoms with E-state index in [2.05, 4.69) is 17.6 Å². The van der Waals surface area contributed by atoms with Gasteiger partial charge in [0.05, 0.1) is 29.8 Å². The van der Waals surface area contributed by atoms with Crippen LogP contribution in [0.1, 0.15) is 31.0 Å². The molecule has 0 spiro atoms. The van der Waals surface area contributed by atoms with Crippen molar-refractivity contribution < 1.29 is 14.6 Å². The van der Waals surface area contributed by atoms with Gasteiger partial charge in [-0.05, 0) is 60.9 Å². The summed E-state index contributed by atoms with van der Waals surface area (Å²) in [6, 6.07) is 20.4. The van der Waals surface area contributed by atoms with Crippen LogP contribution < -0.4 is 15.4 Å². The number of aromatic nitrogens is 2. The second kappa shape index (κ2) is 8.59. The highest BCUT2D eigenvalue weighted by Crippen LogP contribution is 2.41. The van der Waals surface area contributed by atoms with Crippen LogP contribution in [0.25, 0.3) is 11.0 Å². The Balaban J connectivity index is 1.64. The summed E-state index contributed by atoms with van der Waals surface area (Å²) in [5, 5.41) is 16.5. The summed E-state index contributed by atoms with van der Waals surface area (Å²) in [6.45, 7) is 3.97. The second-order valence-electron chi connectivity index (χ2n) is 8.30. The number of fused-ring (bicyclic) bond motifs is 3. The molecular formula is C27H26N4O3. The van der Waals surface area contributed by atoms with Gasteiger partial charge in [-0.3, -0.25) is 9.36 Å². The van der Waals surface area contributed by atoms with Gasteiger partial charge in [-0.25, -0.2) is 4.98 Å². The number of nitrogens with zero attached hydrogens (tertiary/aromatic N) is 2. The van der Waals surface area contributed by atoms with Crippen LogP contribution in [0.3, 0.4) is 0 Å². The van der Waals surface area contributed by atoms with Crippen molar-refractivity contribution in [1.29, 1.82) is 0 Å². The molecule has 0 saturated carbocycles. The number of aromatic hydroxyl groups is 1. The normalized spacial score (nSPS) is 15.1. The first-order chi connectivity index (χ1) is 16.5. The molecule has 2 heterocycles. The SMILES string of the molecule is CCc1ccc(NC(=O)C2=C(C)Nc3nc4ccccc4n3C2c2ccc(O)c(OC)c2)cc1. The Labute approximate surface area is 197 Å². The molecule has 1 aromatic heterocycles. The minimum atomic E-state index is -0.479. The van der Waals surface area contributed by atoms with Crippen LogP contribution in [-0.4, -0.2) is 27.7 Å². The molecule has 0 saturated heterocycles. The highest BCUT2D eigenvalue weighted by Gasteiger charge is 2.34. The van der Waals surface area contributed by atoms with Gasteiger partial charge in [0.25, 0.3) is 5.91 Å². The van der Waals surface area contributed by atoms with Gasteiger partial charge in [0.15, 0.2) is 11.5 Å². The lowest BCUT2D eigenvalue weighted by atomic mass is 9.94. The Morgan fingerprint density at radius 2 is 1.91 bits per heavy atom. The van der Waals surface area contributed by atoms with Crippen LogP contribution in [0.4, 0.5) is 11.6 Å². The average Bonchev–Trinajstić information content (AvgIpc) is 3.21. The number of benzene rings is 3. The van der Waals surface area contributed by atoms with Crippen molar-refractivity contribution in [3.8, 4) is 11.5 Å². The number of carbonyl (C=O) groups is 1. The number of carbonyl (C=O) groups excluding carboxylic acids is 1. The van der Waals surface area contributed by atoms with Crippen LogP contribution in [0.15, 0.2) is 78.0 Å². The molecule has 5 rings (SSSR count). The van der Waals surface area contributed by atoms with E-state index in [0.29, 0.717) is 23.0 Å². The van der Waals surface area contributed by atoms with E-state index in [1.807, 2.05) is 66.1 Å². The largest absolute Gasteiger partial charge is 0.504 e. The van der Waals surface area contributed by atoms with Gasteiger partial charge < -0.3 is 20.5 Å². The number of phenols is 1. The Kier molecular flexibility index (Phi) is 5.45. The highest BCUT2D eigenvalue weighted by atomic mass is 16.5. The molecule has 4 aromatic rings. The molecule has 1 atom stereocenters. The third-order valence-corrected chi connectivity index (χ3v) is 6.21. The maximum absolute atomic E-state index is 13.7. The number of imidazole rings is 1. The Morgan fingerprint density at radius 1 is 1.15 bits per heavy atom. The minimum absolute atomic E-state index is 0.0404. The molecule has 1 amide bonds. The molecule has 1 aliphatic heterocycles. The van der Waals surface area contributed by atoms with E-state index in [-0.39, 0.29) is 11.7 Å². The second-order valence-corrected chi connectivity index (χ2v) is 8.30. The highest BCUT2D eigenvalue weighted by molar-refractivity contribution is 6.06. The van der Waals surface area contributed by atoms with E-state index in [4.69, 9.17) is 9.72 Å². The van der Waals surface area contributed by atoms with Gasteiger partial charge in [0, 0.05) is 11.4 Å². The number of hydrogen-bond acceptors (Lipinski definition) is 5. The smallest absolute Gasteiger partial charge is 0.255 e. The van der Waals surface area contributed by atoms with Crippen LogP contribution >= 0.6 is 0 Å². The van der Waals surface area contributed by atoms with E-state index in [9.17, 15) is 9.90 Å². The van der Waals surface area contributed by atoms with E-state index in [1.54, 1.807) is 12.1 Å². The molecule has 0 radical (unpaired) electrons. The zero-order valence-corrected chi connectivity index (χ0v) is 19.3. The summed E-state index contributed by atoms with van der Waals surface area (Å²) in [4.78, 5) is 18.4. The number of rotatable bonds is 5. The van der Waals surface area contributed by atoms with E-state index >= 15 is 0 Å². The molecule has 34 heavy (non-hydrogen) atoms. The first kappa shape index (κ1) is 21.6. The maximum atomic E-state index is 13.7. The summed E-state index contributed by atoms with van der Waals surface area (Å²) in [7, 11) is 1.51. The monoisotopic (exact) mass is 454 g/mol. The van der Waals surface area contributed by atoms with Crippen molar-refractivity contribution in [2.24, 2.45) is 0 Å². The molecule has 0 bridgehead atoms. The zero-order valence-electron chi connectivity index (χ0n) is 19.3. The van der Waals surface area contributed by atoms with Crippen molar-refractivity contribution in [2.45, 2.75) is 26.3 Å². The lowest BCUT2D eigenvalue weighted by Gasteiger charge is -2.31. The lowest BCUT2D eigenvalue weighted by molar-refractivity contribution is -0.113. The Bertz CT molecular complexity index is 1420. The fraction of sp³-hybridized carbons (Fsp3) is 0.185. The first-order valence-corrected chi connectivity index (χ1v) is 11.2. The van der Waals surface area contributed by atoms with Gasteiger partial charge >= 0.3 is 0 Å². The lowest BCUT2D eigenvalue weighted by Crippen LogP contribution is -2.30. The van der Waals surface area contributed by atoms with Gasteiger partial charge in [-0.15, -0.1) is 0 Å². The van der Waals surface area contributed by atoms with Crippen molar-refractivity contribution in [3.63, 3.8) is 0 Å². The Morgan fingerprint density at radius 3 is 2.65 bits per heavy atom. The van der Waals surface area contributed by atoms with Crippen LogP contribution in [0.5, 0.6) is 11.5 Å². The number of methoxy groups -OCH3 is 1. The average molecular weight is 455 g/mol.